The summed E-state index contributed by atoms with van der Waals surface area (Å²) in [5.41, 5.74) is 1.45. The SMILES string of the molecule is CCN1C(=O)/C(=C/c2c(OC)ccc3ccccc23)N(C)C1=S. The molecule has 0 aromatic heterocycles. The van der Waals surface area contributed by atoms with E-state index in [4.69, 9.17) is 17.0 Å². The van der Waals surface area contributed by atoms with Gasteiger partial charge in [0.2, 0.25) is 0 Å². The molecule has 2 aromatic carbocycles. The quantitative estimate of drug-likeness (QED) is 0.640. The average molecular weight is 326 g/mol. The van der Waals surface area contributed by atoms with Crippen molar-refractivity contribution >= 4 is 40.1 Å². The minimum atomic E-state index is -0.0741. The molecule has 1 aliphatic heterocycles. The summed E-state index contributed by atoms with van der Waals surface area (Å²) >= 11 is 5.35. The van der Waals surface area contributed by atoms with E-state index in [1.54, 1.807) is 16.9 Å². The number of thiocarbonyl (C=S) groups is 1. The Morgan fingerprint density at radius 1 is 1.22 bits per heavy atom. The van der Waals surface area contributed by atoms with Crippen molar-refractivity contribution < 1.29 is 9.53 Å². The fourth-order valence-electron chi connectivity index (χ4n) is 2.83. The minimum Gasteiger partial charge on any atom is -0.496 e. The van der Waals surface area contributed by atoms with Gasteiger partial charge in [0, 0.05) is 19.2 Å². The molecule has 0 bridgehead atoms. The second-order valence-corrected chi connectivity index (χ2v) is 5.69. The normalized spacial score (nSPS) is 16.7. The van der Waals surface area contributed by atoms with Gasteiger partial charge in [-0.1, -0.05) is 30.3 Å². The zero-order valence-electron chi connectivity index (χ0n) is 13.4. The molecule has 1 heterocycles. The Morgan fingerprint density at radius 2 is 1.96 bits per heavy atom. The van der Waals surface area contributed by atoms with Crippen molar-refractivity contribution in [2.75, 3.05) is 20.7 Å². The molecule has 0 unspecified atom stereocenters. The number of fused-ring (bicyclic) bond motifs is 1. The van der Waals surface area contributed by atoms with Crippen LogP contribution in [0.3, 0.4) is 0 Å². The lowest BCUT2D eigenvalue weighted by molar-refractivity contribution is -0.122. The number of likely N-dealkylation sites (N-methyl/N-ethyl adjacent to an activating group) is 2. The maximum absolute atomic E-state index is 12.6. The summed E-state index contributed by atoms with van der Waals surface area (Å²) in [5.74, 6) is 0.660. The van der Waals surface area contributed by atoms with Crippen LogP contribution in [0, 0.1) is 0 Å². The van der Waals surface area contributed by atoms with Crippen LogP contribution < -0.4 is 4.74 Å². The van der Waals surface area contributed by atoms with Crippen molar-refractivity contribution in [2.24, 2.45) is 0 Å². The van der Waals surface area contributed by atoms with Gasteiger partial charge in [0.05, 0.1) is 7.11 Å². The number of benzene rings is 2. The van der Waals surface area contributed by atoms with Crippen LogP contribution in [0.4, 0.5) is 0 Å². The molecule has 23 heavy (non-hydrogen) atoms. The van der Waals surface area contributed by atoms with Gasteiger partial charge in [-0.15, -0.1) is 0 Å². The van der Waals surface area contributed by atoms with Crippen molar-refractivity contribution in [2.45, 2.75) is 6.92 Å². The van der Waals surface area contributed by atoms with Gasteiger partial charge in [-0.2, -0.15) is 0 Å². The van der Waals surface area contributed by atoms with Crippen molar-refractivity contribution in [3.63, 3.8) is 0 Å². The van der Waals surface area contributed by atoms with Gasteiger partial charge < -0.3 is 9.64 Å². The standard InChI is InChI=1S/C18H18N2O2S/c1-4-20-17(21)15(19(2)18(20)23)11-14-13-8-6-5-7-12(13)9-10-16(14)22-3/h5-11H,4H2,1-3H3/b15-11-. The topological polar surface area (TPSA) is 32.8 Å². The number of amides is 1. The maximum Gasteiger partial charge on any atom is 0.276 e. The largest absolute Gasteiger partial charge is 0.496 e. The fraction of sp³-hybridized carbons (Fsp3) is 0.222. The van der Waals surface area contributed by atoms with E-state index < -0.39 is 0 Å². The molecule has 1 aliphatic rings. The van der Waals surface area contributed by atoms with Crippen LogP contribution >= 0.6 is 12.2 Å². The third-order valence-electron chi connectivity index (χ3n) is 4.09. The molecule has 0 spiro atoms. The van der Waals surface area contributed by atoms with E-state index in [1.807, 2.05) is 56.4 Å². The van der Waals surface area contributed by atoms with Gasteiger partial charge in [0.25, 0.3) is 5.91 Å². The molecule has 1 fully saturated rings. The average Bonchev–Trinajstić information content (AvgIpc) is 2.78. The lowest BCUT2D eigenvalue weighted by Crippen LogP contribution is -2.30. The first-order valence-electron chi connectivity index (χ1n) is 7.45. The van der Waals surface area contributed by atoms with Gasteiger partial charge in [-0.3, -0.25) is 9.69 Å². The number of ether oxygens (including phenoxy) is 1. The molecule has 4 nitrogen and oxygen atoms in total. The van der Waals surface area contributed by atoms with Crippen LogP contribution in [0.1, 0.15) is 12.5 Å². The van der Waals surface area contributed by atoms with Crippen LogP contribution in [0.25, 0.3) is 16.8 Å². The molecule has 1 saturated heterocycles. The minimum absolute atomic E-state index is 0.0741. The molecular formula is C18H18N2O2S. The summed E-state index contributed by atoms with van der Waals surface area (Å²) in [7, 11) is 3.45. The van der Waals surface area contributed by atoms with E-state index in [9.17, 15) is 4.79 Å². The molecule has 0 saturated carbocycles. The smallest absolute Gasteiger partial charge is 0.276 e. The lowest BCUT2D eigenvalue weighted by Gasteiger charge is -2.14. The van der Waals surface area contributed by atoms with Gasteiger partial charge in [0.1, 0.15) is 11.4 Å². The van der Waals surface area contributed by atoms with Crippen molar-refractivity contribution in [3.05, 3.63) is 47.7 Å². The molecule has 0 atom stereocenters. The molecular weight excluding hydrogens is 308 g/mol. The Hall–Kier alpha value is -2.40. The summed E-state index contributed by atoms with van der Waals surface area (Å²) in [4.78, 5) is 15.9. The third-order valence-corrected chi connectivity index (χ3v) is 4.59. The second kappa shape index (κ2) is 6.01. The Bertz CT molecular complexity index is 829. The molecule has 3 rings (SSSR count). The zero-order chi connectivity index (χ0) is 16.6. The van der Waals surface area contributed by atoms with Crippen molar-refractivity contribution in [1.82, 2.24) is 9.80 Å². The van der Waals surface area contributed by atoms with Gasteiger partial charge in [-0.25, -0.2) is 0 Å². The van der Waals surface area contributed by atoms with Crippen molar-refractivity contribution in [3.8, 4) is 5.75 Å². The number of hydrogen-bond acceptors (Lipinski definition) is 3. The summed E-state index contributed by atoms with van der Waals surface area (Å²) in [5, 5.41) is 2.67. The van der Waals surface area contributed by atoms with Crippen LogP contribution in [-0.4, -0.2) is 41.5 Å². The second-order valence-electron chi connectivity index (χ2n) is 5.32. The first-order valence-corrected chi connectivity index (χ1v) is 7.86. The number of carbonyl (C=O) groups is 1. The summed E-state index contributed by atoms with van der Waals surface area (Å²) < 4.78 is 5.49. The van der Waals surface area contributed by atoms with Gasteiger partial charge in [-0.05, 0) is 42.1 Å². The van der Waals surface area contributed by atoms with Crippen LogP contribution in [0.2, 0.25) is 0 Å². The predicted molar refractivity (Wildman–Crippen MR) is 96.2 cm³/mol. The summed E-state index contributed by atoms with van der Waals surface area (Å²) in [6.07, 6.45) is 1.87. The highest BCUT2D eigenvalue weighted by Crippen LogP contribution is 2.32. The highest BCUT2D eigenvalue weighted by atomic mass is 32.1. The van der Waals surface area contributed by atoms with Gasteiger partial charge >= 0.3 is 0 Å². The maximum atomic E-state index is 12.6. The molecule has 0 aliphatic carbocycles. The Labute approximate surface area is 140 Å². The number of nitrogens with zero attached hydrogens (tertiary/aromatic N) is 2. The summed E-state index contributed by atoms with van der Waals surface area (Å²) in [6.45, 7) is 2.48. The molecule has 2 aromatic rings. The zero-order valence-corrected chi connectivity index (χ0v) is 14.2. The first-order chi connectivity index (χ1) is 11.1. The van der Waals surface area contributed by atoms with E-state index in [0.29, 0.717) is 17.4 Å². The van der Waals surface area contributed by atoms with Crippen LogP contribution in [0.5, 0.6) is 5.75 Å². The first kappa shape index (κ1) is 15.5. The summed E-state index contributed by atoms with van der Waals surface area (Å²) in [6, 6.07) is 12.0. The van der Waals surface area contributed by atoms with E-state index in [2.05, 4.69) is 0 Å². The Morgan fingerprint density at radius 3 is 2.61 bits per heavy atom. The molecule has 5 heteroatoms. The number of rotatable bonds is 3. The molecule has 0 radical (unpaired) electrons. The molecule has 118 valence electrons. The van der Waals surface area contributed by atoms with Crippen LogP contribution in [-0.2, 0) is 4.79 Å². The highest BCUT2D eigenvalue weighted by molar-refractivity contribution is 7.80. The monoisotopic (exact) mass is 326 g/mol. The molecule has 0 N–H and O–H groups in total. The van der Waals surface area contributed by atoms with E-state index >= 15 is 0 Å². The van der Waals surface area contributed by atoms with Gasteiger partial charge in [0.15, 0.2) is 5.11 Å². The van der Waals surface area contributed by atoms with E-state index in [1.165, 1.54) is 0 Å². The number of carbonyl (C=O) groups excluding carboxylic acids is 1. The predicted octanol–water partition coefficient (Wildman–Crippen LogP) is 3.27. The Kier molecular flexibility index (Phi) is 4.05. The van der Waals surface area contributed by atoms with Crippen molar-refractivity contribution in [1.29, 1.82) is 0 Å². The number of methoxy groups -OCH3 is 1. The van der Waals surface area contributed by atoms with E-state index in [0.717, 1.165) is 22.1 Å². The third kappa shape index (κ3) is 2.47. The highest BCUT2D eigenvalue weighted by Gasteiger charge is 2.34. The van der Waals surface area contributed by atoms with E-state index in [-0.39, 0.29) is 5.91 Å². The molecule has 1 amide bonds. The fourth-order valence-corrected chi connectivity index (χ4v) is 3.14. The van der Waals surface area contributed by atoms with Crippen LogP contribution in [0.15, 0.2) is 42.1 Å². The Balaban J connectivity index is 2.21. The lowest BCUT2D eigenvalue weighted by atomic mass is 10.0. The number of hydrogen-bond donors (Lipinski definition) is 0.